The van der Waals surface area contributed by atoms with E-state index in [2.05, 4.69) is 0 Å². The molecule has 0 radical (unpaired) electrons. The molecule has 1 rings (SSSR count). The minimum Gasteiger partial charge on any atom is -0.370 e. The summed E-state index contributed by atoms with van der Waals surface area (Å²) in [5.41, 5.74) is 11.0. The summed E-state index contributed by atoms with van der Waals surface area (Å²) in [5.74, 6) is 0.254. The summed E-state index contributed by atoms with van der Waals surface area (Å²) in [6, 6.07) is -0.414. The van der Waals surface area contributed by atoms with Gasteiger partial charge in [-0.1, -0.05) is 13.8 Å². The fraction of sp³-hybridized carbons (Fsp3) is 0.833. The number of halogens is 1. The van der Waals surface area contributed by atoms with E-state index in [1.165, 1.54) is 0 Å². The summed E-state index contributed by atoms with van der Waals surface area (Å²) in [6.07, 6.45) is 2.12. The van der Waals surface area contributed by atoms with E-state index >= 15 is 0 Å². The zero-order valence-electron chi connectivity index (χ0n) is 11.1. The van der Waals surface area contributed by atoms with E-state index < -0.39 is 6.04 Å². The van der Waals surface area contributed by atoms with Gasteiger partial charge in [-0.25, -0.2) is 0 Å². The first-order valence-corrected chi connectivity index (χ1v) is 6.24. The number of carbonyl (C=O) groups is 2. The molecule has 1 atom stereocenters. The van der Waals surface area contributed by atoms with E-state index in [9.17, 15) is 9.59 Å². The molecule has 2 amide bonds. The van der Waals surface area contributed by atoms with Crippen LogP contribution in [-0.4, -0.2) is 35.8 Å². The molecule has 0 aromatic heterocycles. The highest BCUT2D eigenvalue weighted by atomic mass is 35.5. The van der Waals surface area contributed by atoms with Crippen LogP contribution in [0.1, 0.15) is 33.1 Å². The van der Waals surface area contributed by atoms with E-state index in [0.717, 1.165) is 12.8 Å². The van der Waals surface area contributed by atoms with Crippen molar-refractivity contribution in [2.24, 2.45) is 23.3 Å². The predicted molar refractivity (Wildman–Crippen MR) is 73.2 cm³/mol. The van der Waals surface area contributed by atoms with E-state index in [0.29, 0.717) is 25.4 Å². The van der Waals surface area contributed by atoms with Gasteiger partial charge in [-0.05, 0) is 24.7 Å². The normalized spacial score (nSPS) is 18.3. The zero-order chi connectivity index (χ0) is 13.0. The molecule has 0 bridgehead atoms. The van der Waals surface area contributed by atoms with Crippen LogP contribution in [0.25, 0.3) is 0 Å². The average Bonchev–Trinajstić information content (AvgIpc) is 2.27. The quantitative estimate of drug-likeness (QED) is 0.784. The molecule has 0 saturated carbocycles. The van der Waals surface area contributed by atoms with Crippen molar-refractivity contribution in [3.63, 3.8) is 0 Å². The number of rotatable bonds is 4. The van der Waals surface area contributed by atoms with Crippen LogP contribution in [0.2, 0.25) is 0 Å². The number of nitrogens with two attached hydrogens (primary N) is 2. The molecule has 1 aliphatic heterocycles. The Balaban J connectivity index is 0.00000289. The number of amides is 2. The van der Waals surface area contributed by atoms with Crippen LogP contribution >= 0.6 is 12.4 Å². The summed E-state index contributed by atoms with van der Waals surface area (Å²) < 4.78 is 0. The highest BCUT2D eigenvalue weighted by Crippen LogP contribution is 2.21. The molecule has 5 nitrogen and oxygen atoms in total. The minimum atomic E-state index is -0.414. The van der Waals surface area contributed by atoms with Crippen LogP contribution < -0.4 is 11.5 Å². The Hall–Kier alpha value is -0.810. The first-order chi connectivity index (χ1) is 7.91. The van der Waals surface area contributed by atoms with Crippen molar-refractivity contribution in [3.8, 4) is 0 Å². The Labute approximate surface area is 115 Å². The van der Waals surface area contributed by atoms with Gasteiger partial charge in [-0.2, -0.15) is 0 Å². The second-order valence-electron chi connectivity index (χ2n) is 5.21. The molecule has 18 heavy (non-hydrogen) atoms. The summed E-state index contributed by atoms with van der Waals surface area (Å²) in [4.78, 5) is 24.6. The minimum absolute atomic E-state index is 0. The summed E-state index contributed by atoms with van der Waals surface area (Å²) in [7, 11) is 0. The first kappa shape index (κ1) is 17.2. The molecule has 0 aliphatic carbocycles. The van der Waals surface area contributed by atoms with Crippen molar-refractivity contribution in [1.29, 1.82) is 0 Å². The molecule has 1 heterocycles. The number of hydrogen-bond acceptors (Lipinski definition) is 3. The summed E-state index contributed by atoms with van der Waals surface area (Å²) in [5, 5.41) is 0. The number of piperidine rings is 1. The highest BCUT2D eigenvalue weighted by Gasteiger charge is 2.28. The number of likely N-dealkylation sites (tertiary alicyclic amines) is 1. The molecular formula is C12H24ClN3O2. The molecule has 1 aliphatic rings. The maximum atomic E-state index is 12.0. The Morgan fingerprint density at radius 2 is 1.78 bits per heavy atom. The summed E-state index contributed by atoms with van der Waals surface area (Å²) in [6.45, 7) is 5.28. The van der Waals surface area contributed by atoms with Crippen LogP contribution in [0.4, 0.5) is 0 Å². The molecule has 0 aromatic carbocycles. The monoisotopic (exact) mass is 277 g/mol. The SMILES string of the molecule is CC(C)[C@H](N)C(=O)N1CCC(CC(N)=O)CC1.Cl. The van der Waals surface area contributed by atoms with Gasteiger partial charge in [0, 0.05) is 19.5 Å². The Morgan fingerprint density at radius 1 is 1.28 bits per heavy atom. The van der Waals surface area contributed by atoms with Gasteiger partial charge in [-0.3, -0.25) is 9.59 Å². The highest BCUT2D eigenvalue weighted by molar-refractivity contribution is 5.85. The second kappa shape index (κ2) is 7.59. The third-order valence-corrected chi connectivity index (χ3v) is 3.42. The third kappa shape index (κ3) is 4.82. The van der Waals surface area contributed by atoms with Crippen molar-refractivity contribution in [1.82, 2.24) is 4.90 Å². The van der Waals surface area contributed by atoms with Crippen LogP contribution in [0.5, 0.6) is 0 Å². The van der Waals surface area contributed by atoms with Gasteiger partial charge in [0.15, 0.2) is 0 Å². The van der Waals surface area contributed by atoms with Crippen molar-refractivity contribution >= 4 is 24.2 Å². The van der Waals surface area contributed by atoms with E-state index in [-0.39, 0.29) is 30.1 Å². The standard InChI is InChI=1S/C12H23N3O2.ClH/c1-8(2)11(14)12(17)15-5-3-9(4-6-15)7-10(13)16;/h8-9,11H,3-7,14H2,1-2H3,(H2,13,16);1H/t11-;/m0./s1. The fourth-order valence-electron chi connectivity index (χ4n) is 2.14. The van der Waals surface area contributed by atoms with Gasteiger partial charge in [-0.15, -0.1) is 12.4 Å². The lowest BCUT2D eigenvalue weighted by atomic mass is 9.92. The first-order valence-electron chi connectivity index (χ1n) is 6.24. The van der Waals surface area contributed by atoms with E-state index in [1.807, 2.05) is 18.7 Å². The van der Waals surface area contributed by atoms with Gasteiger partial charge in [0.1, 0.15) is 0 Å². The molecule has 4 N–H and O–H groups in total. The topological polar surface area (TPSA) is 89.4 Å². The number of nitrogens with zero attached hydrogens (tertiary/aromatic N) is 1. The van der Waals surface area contributed by atoms with Gasteiger partial charge in [0.2, 0.25) is 11.8 Å². The third-order valence-electron chi connectivity index (χ3n) is 3.42. The second-order valence-corrected chi connectivity index (χ2v) is 5.21. The zero-order valence-corrected chi connectivity index (χ0v) is 11.9. The van der Waals surface area contributed by atoms with Crippen LogP contribution in [0.3, 0.4) is 0 Å². The smallest absolute Gasteiger partial charge is 0.239 e. The predicted octanol–water partition coefficient (Wildman–Crippen LogP) is 0.506. The van der Waals surface area contributed by atoms with Crippen molar-refractivity contribution in [2.45, 2.75) is 39.2 Å². The molecule has 0 unspecified atom stereocenters. The number of carbonyl (C=O) groups excluding carboxylic acids is 2. The Kier molecular flexibility index (Phi) is 7.25. The average molecular weight is 278 g/mol. The van der Waals surface area contributed by atoms with Gasteiger partial charge in [0.05, 0.1) is 6.04 Å². The van der Waals surface area contributed by atoms with E-state index in [4.69, 9.17) is 11.5 Å². The van der Waals surface area contributed by atoms with Crippen molar-refractivity contribution < 1.29 is 9.59 Å². The van der Waals surface area contributed by atoms with Gasteiger partial charge in [0.25, 0.3) is 0 Å². The Morgan fingerprint density at radius 3 is 2.17 bits per heavy atom. The summed E-state index contributed by atoms with van der Waals surface area (Å²) >= 11 is 0. The molecule has 1 fully saturated rings. The molecule has 0 spiro atoms. The lowest BCUT2D eigenvalue weighted by Crippen LogP contribution is -2.49. The van der Waals surface area contributed by atoms with Gasteiger partial charge >= 0.3 is 0 Å². The lowest BCUT2D eigenvalue weighted by molar-refractivity contribution is -0.135. The Bertz CT molecular complexity index is 289. The van der Waals surface area contributed by atoms with E-state index in [1.54, 1.807) is 0 Å². The molecule has 6 heteroatoms. The maximum absolute atomic E-state index is 12.0. The maximum Gasteiger partial charge on any atom is 0.239 e. The van der Waals surface area contributed by atoms with Crippen LogP contribution in [0.15, 0.2) is 0 Å². The van der Waals surface area contributed by atoms with Crippen LogP contribution in [0, 0.1) is 11.8 Å². The van der Waals surface area contributed by atoms with Crippen molar-refractivity contribution in [2.75, 3.05) is 13.1 Å². The number of hydrogen-bond donors (Lipinski definition) is 2. The number of primary amides is 1. The lowest BCUT2D eigenvalue weighted by Gasteiger charge is -2.33. The van der Waals surface area contributed by atoms with Gasteiger partial charge < -0.3 is 16.4 Å². The molecule has 1 saturated heterocycles. The van der Waals surface area contributed by atoms with Crippen LogP contribution in [-0.2, 0) is 9.59 Å². The largest absolute Gasteiger partial charge is 0.370 e. The van der Waals surface area contributed by atoms with Crippen molar-refractivity contribution in [3.05, 3.63) is 0 Å². The molecular weight excluding hydrogens is 254 g/mol. The fourth-order valence-corrected chi connectivity index (χ4v) is 2.14. The molecule has 106 valence electrons. The molecule has 0 aromatic rings.